The van der Waals surface area contributed by atoms with Crippen molar-refractivity contribution in [3.8, 4) is 0 Å². The standard InChI is InChI=1S/C18H33O18P3/c1-4-7-10(19)31-13-16(34-37(22,23)24)14(32-11(20)8-5-2)18(36-39(28,29)30)15(33-12(21)9-6-3)17(13)35-38(25,26)27/h13-18H,4-9H2,1-3H3,(H2,22,23,24)(H2,25,26,27)(H2,28,29,30). The maximum atomic E-state index is 12.4. The molecule has 0 radical (unpaired) electrons. The van der Waals surface area contributed by atoms with E-state index >= 15 is 0 Å². The highest BCUT2D eigenvalue weighted by atomic mass is 31.2. The summed E-state index contributed by atoms with van der Waals surface area (Å²) in [6, 6.07) is 0. The van der Waals surface area contributed by atoms with Gasteiger partial charge in [0.2, 0.25) is 0 Å². The first-order valence-corrected chi connectivity index (χ1v) is 16.2. The lowest BCUT2D eigenvalue weighted by Gasteiger charge is -2.47. The van der Waals surface area contributed by atoms with E-state index in [0.29, 0.717) is 0 Å². The van der Waals surface area contributed by atoms with Crippen molar-refractivity contribution in [2.45, 2.75) is 95.9 Å². The predicted octanol–water partition coefficient (Wildman–Crippen LogP) is 0.569. The van der Waals surface area contributed by atoms with Gasteiger partial charge in [-0.05, 0) is 19.3 Å². The molecule has 228 valence electrons. The lowest BCUT2D eigenvalue weighted by molar-refractivity contribution is -0.239. The van der Waals surface area contributed by atoms with Gasteiger partial charge in [-0.2, -0.15) is 0 Å². The van der Waals surface area contributed by atoms with Crippen LogP contribution in [0.5, 0.6) is 0 Å². The fourth-order valence-electron chi connectivity index (χ4n) is 3.60. The molecule has 6 N–H and O–H groups in total. The van der Waals surface area contributed by atoms with Crippen LogP contribution in [0.2, 0.25) is 0 Å². The number of esters is 3. The highest BCUT2D eigenvalue weighted by molar-refractivity contribution is 7.46. The minimum atomic E-state index is -5.63. The van der Waals surface area contributed by atoms with Gasteiger partial charge in [0.15, 0.2) is 18.3 Å². The van der Waals surface area contributed by atoms with Crippen molar-refractivity contribution >= 4 is 41.4 Å². The Balaban J connectivity index is 3.94. The van der Waals surface area contributed by atoms with Crippen LogP contribution >= 0.6 is 23.5 Å². The second-order valence-electron chi connectivity index (χ2n) is 8.30. The van der Waals surface area contributed by atoms with Gasteiger partial charge in [-0.1, -0.05) is 20.8 Å². The summed E-state index contributed by atoms with van der Waals surface area (Å²) < 4.78 is 65.0. The van der Waals surface area contributed by atoms with Crippen molar-refractivity contribution in [2.24, 2.45) is 0 Å². The third kappa shape index (κ3) is 12.9. The van der Waals surface area contributed by atoms with Crippen molar-refractivity contribution in [2.75, 3.05) is 0 Å². The summed E-state index contributed by atoms with van der Waals surface area (Å²) >= 11 is 0. The molecule has 0 heterocycles. The number of rotatable bonds is 15. The van der Waals surface area contributed by atoms with Gasteiger partial charge >= 0.3 is 41.4 Å². The average molecular weight is 630 g/mol. The minimum absolute atomic E-state index is 0.174. The van der Waals surface area contributed by atoms with E-state index < -0.39 is 78.0 Å². The number of carbonyl (C=O) groups excluding carboxylic acids is 3. The Hall–Kier alpha value is -1.26. The van der Waals surface area contributed by atoms with Gasteiger partial charge in [0.1, 0.15) is 18.3 Å². The number of ether oxygens (including phenoxy) is 3. The molecule has 0 unspecified atom stereocenters. The van der Waals surface area contributed by atoms with Gasteiger partial charge in [-0.3, -0.25) is 28.0 Å². The van der Waals surface area contributed by atoms with Crippen LogP contribution in [0.25, 0.3) is 0 Å². The largest absolute Gasteiger partial charge is 0.470 e. The van der Waals surface area contributed by atoms with E-state index in [2.05, 4.69) is 13.6 Å². The first kappa shape index (κ1) is 35.8. The molecule has 0 amide bonds. The van der Waals surface area contributed by atoms with Crippen LogP contribution in [-0.4, -0.2) is 83.9 Å². The Morgan fingerprint density at radius 2 is 0.692 bits per heavy atom. The Kier molecular flexibility index (Phi) is 13.9. The zero-order valence-electron chi connectivity index (χ0n) is 21.1. The predicted molar refractivity (Wildman–Crippen MR) is 125 cm³/mol. The van der Waals surface area contributed by atoms with Crippen molar-refractivity contribution in [1.82, 2.24) is 0 Å². The van der Waals surface area contributed by atoms with Crippen molar-refractivity contribution in [1.29, 1.82) is 0 Å². The Morgan fingerprint density at radius 1 is 0.487 bits per heavy atom. The van der Waals surface area contributed by atoms with Crippen LogP contribution in [-0.2, 0) is 55.9 Å². The molecule has 18 nitrogen and oxygen atoms in total. The molecule has 1 aliphatic rings. The number of carbonyl (C=O) groups is 3. The Bertz CT molecular complexity index is 848. The quantitative estimate of drug-likeness (QED) is 0.0819. The Morgan fingerprint density at radius 3 is 0.846 bits per heavy atom. The van der Waals surface area contributed by atoms with Crippen LogP contribution in [0.15, 0.2) is 0 Å². The van der Waals surface area contributed by atoms with Gasteiger partial charge in [-0.25, -0.2) is 13.7 Å². The van der Waals surface area contributed by atoms with Crippen LogP contribution in [0, 0.1) is 0 Å². The second-order valence-corrected chi connectivity index (χ2v) is 11.9. The number of hydrogen-bond donors (Lipinski definition) is 6. The molecule has 0 bridgehead atoms. The molecule has 0 aromatic rings. The van der Waals surface area contributed by atoms with E-state index in [1.54, 1.807) is 20.8 Å². The second kappa shape index (κ2) is 15.1. The molecule has 39 heavy (non-hydrogen) atoms. The lowest BCUT2D eigenvalue weighted by Crippen LogP contribution is -2.67. The molecule has 1 rings (SSSR count). The summed E-state index contributed by atoms with van der Waals surface area (Å²) in [5.41, 5.74) is 0. The van der Waals surface area contributed by atoms with Crippen molar-refractivity contribution in [3.05, 3.63) is 0 Å². The smallest absolute Gasteiger partial charge is 0.456 e. The lowest BCUT2D eigenvalue weighted by atomic mass is 9.84. The third-order valence-electron chi connectivity index (χ3n) is 4.88. The van der Waals surface area contributed by atoms with E-state index in [1.165, 1.54) is 0 Å². The van der Waals surface area contributed by atoms with E-state index in [1.807, 2.05) is 0 Å². The molecule has 1 aliphatic carbocycles. The zero-order valence-corrected chi connectivity index (χ0v) is 23.8. The number of hydrogen-bond acceptors (Lipinski definition) is 12. The van der Waals surface area contributed by atoms with Gasteiger partial charge in [0.25, 0.3) is 0 Å². The first-order chi connectivity index (χ1) is 17.8. The number of phosphoric acid groups is 3. The van der Waals surface area contributed by atoms with Crippen LogP contribution in [0.1, 0.15) is 59.3 Å². The average Bonchev–Trinajstić information content (AvgIpc) is 2.73. The zero-order chi connectivity index (χ0) is 30.2. The van der Waals surface area contributed by atoms with E-state index in [4.69, 9.17) is 14.2 Å². The van der Waals surface area contributed by atoms with Gasteiger partial charge in [0.05, 0.1) is 0 Å². The van der Waals surface area contributed by atoms with E-state index in [-0.39, 0.29) is 38.5 Å². The molecular weight excluding hydrogens is 597 g/mol. The molecule has 21 heteroatoms. The van der Waals surface area contributed by atoms with Gasteiger partial charge in [0, 0.05) is 19.3 Å². The summed E-state index contributed by atoms with van der Waals surface area (Å²) in [5.74, 6) is -3.31. The molecule has 0 aromatic heterocycles. The first-order valence-electron chi connectivity index (χ1n) is 11.6. The Labute approximate surface area is 223 Å². The summed E-state index contributed by atoms with van der Waals surface area (Å²) in [7, 11) is -16.9. The fourth-order valence-corrected chi connectivity index (χ4v) is 5.28. The summed E-state index contributed by atoms with van der Waals surface area (Å²) in [6.45, 7) is 4.64. The summed E-state index contributed by atoms with van der Waals surface area (Å²) in [4.78, 5) is 94.4. The normalized spacial score (nSPS) is 26.1. The van der Waals surface area contributed by atoms with E-state index in [0.717, 1.165) is 0 Å². The highest BCUT2D eigenvalue weighted by Gasteiger charge is 2.62. The molecule has 0 spiro atoms. The summed E-state index contributed by atoms with van der Waals surface area (Å²) in [6.07, 6.45) is -14.5. The molecular formula is C18H33O18P3. The molecule has 1 fully saturated rings. The topological polar surface area (TPSA) is 279 Å². The van der Waals surface area contributed by atoms with Crippen molar-refractivity contribution in [3.63, 3.8) is 0 Å². The maximum absolute atomic E-state index is 12.4. The maximum Gasteiger partial charge on any atom is 0.470 e. The van der Waals surface area contributed by atoms with Gasteiger partial charge < -0.3 is 43.6 Å². The van der Waals surface area contributed by atoms with Crippen LogP contribution in [0.4, 0.5) is 0 Å². The SMILES string of the molecule is CCCC(=O)OC1C(OP(=O)(O)O)C(OC(=O)CCC)C(OP(=O)(O)O)C(OC(=O)CCC)C1OP(=O)(O)O. The fraction of sp³-hybridized carbons (Fsp3) is 0.833. The molecule has 0 saturated heterocycles. The van der Waals surface area contributed by atoms with E-state index in [9.17, 15) is 57.4 Å². The highest BCUT2D eigenvalue weighted by Crippen LogP contribution is 2.50. The molecule has 0 aliphatic heterocycles. The molecule has 1 saturated carbocycles. The van der Waals surface area contributed by atoms with Crippen LogP contribution in [0.3, 0.4) is 0 Å². The molecule has 0 atom stereocenters. The number of phosphoric ester groups is 3. The third-order valence-corrected chi connectivity index (χ3v) is 6.44. The van der Waals surface area contributed by atoms with Gasteiger partial charge in [-0.15, -0.1) is 0 Å². The monoisotopic (exact) mass is 630 g/mol. The molecule has 0 aromatic carbocycles. The minimum Gasteiger partial charge on any atom is -0.456 e. The summed E-state index contributed by atoms with van der Waals surface area (Å²) in [5, 5.41) is 0. The van der Waals surface area contributed by atoms with Crippen molar-refractivity contribution < 1.29 is 85.2 Å². The van der Waals surface area contributed by atoms with Crippen LogP contribution < -0.4 is 0 Å².